The molecule has 0 aromatic heterocycles. The zero-order valence-electron chi connectivity index (χ0n) is 10.1. The van der Waals surface area contributed by atoms with Crippen molar-refractivity contribution in [1.82, 2.24) is 5.32 Å². The second-order valence-electron chi connectivity index (χ2n) is 5.21. The van der Waals surface area contributed by atoms with Crippen LogP contribution in [0, 0.1) is 5.92 Å². The van der Waals surface area contributed by atoms with Crippen LogP contribution in [0.3, 0.4) is 0 Å². The summed E-state index contributed by atoms with van der Waals surface area (Å²) in [4.78, 5) is 0. The SMILES string of the molecule is CC(C)CCCC1CCCC(C(F)(F)F)N1. The van der Waals surface area contributed by atoms with Crippen molar-refractivity contribution in [3.05, 3.63) is 0 Å². The van der Waals surface area contributed by atoms with Gasteiger partial charge in [-0.05, 0) is 25.2 Å². The van der Waals surface area contributed by atoms with Crippen molar-refractivity contribution in [2.45, 2.75) is 70.6 Å². The van der Waals surface area contributed by atoms with Crippen molar-refractivity contribution < 1.29 is 13.2 Å². The lowest BCUT2D eigenvalue weighted by Gasteiger charge is -2.32. The van der Waals surface area contributed by atoms with Crippen LogP contribution >= 0.6 is 0 Å². The first kappa shape index (κ1) is 13.8. The molecule has 0 aromatic carbocycles. The van der Waals surface area contributed by atoms with Crippen LogP contribution in [0.1, 0.15) is 52.4 Å². The maximum atomic E-state index is 12.5. The molecule has 1 rings (SSSR count). The highest BCUT2D eigenvalue weighted by Crippen LogP contribution is 2.29. The molecule has 1 aliphatic rings. The monoisotopic (exact) mass is 237 g/mol. The largest absolute Gasteiger partial charge is 0.403 e. The molecule has 0 amide bonds. The van der Waals surface area contributed by atoms with Gasteiger partial charge in [-0.3, -0.25) is 0 Å². The normalized spacial score (nSPS) is 27.4. The number of hydrogen-bond acceptors (Lipinski definition) is 1. The summed E-state index contributed by atoms with van der Waals surface area (Å²) < 4.78 is 37.5. The Kier molecular flexibility index (Phi) is 5.09. The Morgan fingerprint density at radius 3 is 2.50 bits per heavy atom. The van der Waals surface area contributed by atoms with Crippen LogP contribution in [0.5, 0.6) is 0 Å². The topological polar surface area (TPSA) is 12.0 Å². The molecule has 0 radical (unpaired) electrons. The van der Waals surface area contributed by atoms with E-state index in [1.165, 1.54) is 0 Å². The zero-order chi connectivity index (χ0) is 12.2. The van der Waals surface area contributed by atoms with Crippen molar-refractivity contribution in [2.24, 2.45) is 5.92 Å². The molecule has 4 heteroatoms. The molecule has 0 bridgehead atoms. The molecule has 0 aromatic rings. The molecule has 1 N–H and O–H groups in total. The van der Waals surface area contributed by atoms with E-state index in [2.05, 4.69) is 19.2 Å². The van der Waals surface area contributed by atoms with E-state index >= 15 is 0 Å². The van der Waals surface area contributed by atoms with Gasteiger partial charge in [-0.25, -0.2) is 0 Å². The predicted molar refractivity (Wildman–Crippen MR) is 59.3 cm³/mol. The van der Waals surface area contributed by atoms with Gasteiger partial charge in [0.25, 0.3) is 0 Å². The van der Waals surface area contributed by atoms with Gasteiger partial charge in [0.2, 0.25) is 0 Å². The third kappa shape index (κ3) is 4.73. The molecule has 0 saturated carbocycles. The Labute approximate surface area is 95.8 Å². The third-order valence-electron chi connectivity index (χ3n) is 3.21. The van der Waals surface area contributed by atoms with Crippen molar-refractivity contribution in [3.8, 4) is 0 Å². The smallest absolute Gasteiger partial charge is 0.303 e. The fraction of sp³-hybridized carbons (Fsp3) is 1.00. The summed E-state index contributed by atoms with van der Waals surface area (Å²) in [5, 5.41) is 2.74. The standard InChI is InChI=1S/C12H22F3N/c1-9(2)5-3-6-10-7-4-8-11(16-10)12(13,14)15/h9-11,16H,3-8H2,1-2H3. The van der Waals surface area contributed by atoms with Gasteiger partial charge >= 0.3 is 6.18 Å². The first-order chi connectivity index (χ1) is 7.39. The van der Waals surface area contributed by atoms with Crippen LogP contribution in [-0.2, 0) is 0 Å². The van der Waals surface area contributed by atoms with E-state index in [1.54, 1.807) is 0 Å². The molecular formula is C12H22F3N. The summed E-state index contributed by atoms with van der Waals surface area (Å²) in [5.74, 6) is 0.641. The molecular weight excluding hydrogens is 215 g/mol. The minimum absolute atomic E-state index is 0.0686. The lowest BCUT2D eigenvalue weighted by atomic mass is 9.93. The molecule has 96 valence electrons. The number of halogens is 3. The molecule has 0 spiro atoms. The molecule has 16 heavy (non-hydrogen) atoms. The number of nitrogens with one attached hydrogen (secondary N) is 1. The Balaban J connectivity index is 2.28. The molecule has 2 atom stereocenters. The lowest BCUT2D eigenvalue weighted by molar-refractivity contribution is -0.163. The van der Waals surface area contributed by atoms with Gasteiger partial charge in [0, 0.05) is 6.04 Å². The average molecular weight is 237 g/mol. The third-order valence-corrected chi connectivity index (χ3v) is 3.21. The molecule has 2 unspecified atom stereocenters. The van der Waals surface area contributed by atoms with E-state index in [9.17, 15) is 13.2 Å². The van der Waals surface area contributed by atoms with E-state index in [0.29, 0.717) is 12.3 Å². The number of hydrogen-bond donors (Lipinski definition) is 1. The fourth-order valence-electron chi connectivity index (χ4n) is 2.28. The summed E-state index contributed by atoms with van der Waals surface area (Å²) in [5.41, 5.74) is 0. The quantitative estimate of drug-likeness (QED) is 0.782. The Morgan fingerprint density at radius 2 is 1.94 bits per heavy atom. The average Bonchev–Trinajstić information content (AvgIpc) is 2.16. The van der Waals surface area contributed by atoms with Crippen LogP contribution in [-0.4, -0.2) is 18.3 Å². The minimum Gasteiger partial charge on any atom is -0.303 e. The minimum atomic E-state index is -4.07. The fourth-order valence-corrected chi connectivity index (χ4v) is 2.28. The molecule has 1 heterocycles. The van der Waals surface area contributed by atoms with Gasteiger partial charge in [0.05, 0.1) is 0 Å². The molecule has 1 saturated heterocycles. The number of rotatable bonds is 4. The van der Waals surface area contributed by atoms with Crippen LogP contribution in [0.15, 0.2) is 0 Å². The first-order valence-electron chi connectivity index (χ1n) is 6.22. The predicted octanol–water partition coefficient (Wildman–Crippen LogP) is 3.89. The van der Waals surface area contributed by atoms with E-state index < -0.39 is 12.2 Å². The lowest BCUT2D eigenvalue weighted by Crippen LogP contribution is -2.50. The van der Waals surface area contributed by atoms with Gasteiger partial charge in [0.1, 0.15) is 6.04 Å². The molecule has 0 aliphatic carbocycles. The van der Waals surface area contributed by atoms with Crippen molar-refractivity contribution in [2.75, 3.05) is 0 Å². The van der Waals surface area contributed by atoms with Gasteiger partial charge < -0.3 is 5.32 Å². The molecule has 1 fully saturated rings. The first-order valence-corrected chi connectivity index (χ1v) is 6.22. The van der Waals surface area contributed by atoms with E-state index in [1.807, 2.05) is 0 Å². The van der Waals surface area contributed by atoms with E-state index in [-0.39, 0.29) is 12.5 Å². The highest BCUT2D eigenvalue weighted by atomic mass is 19.4. The number of alkyl halides is 3. The Hall–Kier alpha value is -0.250. The van der Waals surface area contributed by atoms with Gasteiger partial charge in [-0.1, -0.05) is 33.1 Å². The highest BCUT2D eigenvalue weighted by Gasteiger charge is 2.41. The molecule has 1 aliphatic heterocycles. The second-order valence-corrected chi connectivity index (χ2v) is 5.21. The maximum absolute atomic E-state index is 12.5. The van der Waals surface area contributed by atoms with Crippen molar-refractivity contribution >= 4 is 0 Å². The van der Waals surface area contributed by atoms with Crippen LogP contribution in [0.25, 0.3) is 0 Å². The Morgan fingerprint density at radius 1 is 1.25 bits per heavy atom. The summed E-state index contributed by atoms with van der Waals surface area (Å²) in [7, 11) is 0. The van der Waals surface area contributed by atoms with Gasteiger partial charge in [0.15, 0.2) is 0 Å². The van der Waals surface area contributed by atoms with Crippen LogP contribution < -0.4 is 5.32 Å². The summed E-state index contributed by atoms with van der Waals surface area (Å²) >= 11 is 0. The van der Waals surface area contributed by atoms with Gasteiger partial charge in [-0.2, -0.15) is 13.2 Å². The molecule has 1 nitrogen and oxygen atoms in total. The van der Waals surface area contributed by atoms with Crippen LogP contribution in [0.2, 0.25) is 0 Å². The van der Waals surface area contributed by atoms with Crippen molar-refractivity contribution in [3.63, 3.8) is 0 Å². The van der Waals surface area contributed by atoms with Gasteiger partial charge in [-0.15, -0.1) is 0 Å². The maximum Gasteiger partial charge on any atom is 0.403 e. The van der Waals surface area contributed by atoms with E-state index in [0.717, 1.165) is 25.7 Å². The van der Waals surface area contributed by atoms with Crippen LogP contribution in [0.4, 0.5) is 13.2 Å². The highest BCUT2D eigenvalue weighted by molar-refractivity contribution is 4.84. The Bertz CT molecular complexity index is 201. The summed E-state index contributed by atoms with van der Waals surface area (Å²) in [6.45, 7) is 4.29. The summed E-state index contributed by atoms with van der Waals surface area (Å²) in [6, 6.07) is -1.20. The van der Waals surface area contributed by atoms with Crippen molar-refractivity contribution in [1.29, 1.82) is 0 Å². The summed E-state index contributed by atoms with van der Waals surface area (Å²) in [6.07, 6.45) is 0.772. The number of piperidine rings is 1. The zero-order valence-corrected chi connectivity index (χ0v) is 10.1. The second kappa shape index (κ2) is 5.89. The van der Waals surface area contributed by atoms with E-state index in [4.69, 9.17) is 0 Å².